The highest BCUT2D eigenvalue weighted by molar-refractivity contribution is 5.99. The Morgan fingerprint density at radius 2 is 1.75 bits per heavy atom. The summed E-state index contributed by atoms with van der Waals surface area (Å²) in [6.45, 7) is 2.20. The van der Waals surface area contributed by atoms with Crippen LogP contribution in [0, 0.1) is 5.92 Å². The van der Waals surface area contributed by atoms with E-state index in [0.29, 0.717) is 17.2 Å². The first-order chi connectivity index (χ1) is 9.49. The minimum absolute atomic E-state index is 0.300. The number of nitrogens with two attached hydrogens (primary N) is 2. The maximum Gasteiger partial charge on any atom is 0.248 e. The van der Waals surface area contributed by atoms with Crippen LogP contribution in [-0.4, -0.2) is 17.9 Å². The second-order valence-electron chi connectivity index (χ2n) is 5.46. The number of carbonyl (C=O) groups is 2. The van der Waals surface area contributed by atoms with Gasteiger partial charge in [-0.3, -0.25) is 9.59 Å². The van der Waals surface area contributed by atoms with Crippen molar-refractivity contribution in [2.45, 2.75) is 38.6 Å². The largest absolute Gasteiger partial charge is 0.382 e. The number of carbonyl (C=O) groups excluding carboxylic acids is 2. The van der Waals surface area contributed by atoms with Gasteiger partial charge in [0, 0.05) is 22.9 Å². The Morgan fingerprint density at radius 1 is 1.15 bits per heavy atom. The standard InChI is InChI=1S/C15H21N3O2/c1-2-9-3-4-12(5-9)18-13-7-10(14(16)19)6-11(8-13)15(17)20/h6-9,12,18H,2-5H2,1H3,(H2,16,19)(H2,17,20). The Kier molecular flexibility index (Phi) is 4.27. The summed E-state index contributed by atoms with van der Waals surface area (Å²) in [6, 6.07) is 5.16. The van der Waals surface area contributed by atoms with Crippen molar-refractivity contribution in [2.24, 2.45) is 17.4 Å². The predicted molar refractivity (Wildman–Crippen MR) is 78.5 cm³/mol. The van der Waals surface area contributed by atoms with Crippen LogP contribution in [0.1, 0.15) is 53.3 Å². The highest BCUT2D eigenvalue weighted by Crippen LogP contribution is 2.30. The van der Waals surface area contributed by atoms with Crippen molar-refractivity contribution in [2.75, 3.05) is 5.32 Å². The topological polar surface area (TPSA) is 98.2 Å². The third kappa shape index (κ3) is 3.29. The lowest BCUT2D eigenvalue weighted by molar-refractivity contribution is 0.0999. The van der Waals surface area contributed by atoms with E-state index in [2.05, 4.69) is 12.2 Å². The number of rotatable bonds is 5. The number of primary amides is 2. The van der Waals surface area contributed by atoms with Gasteiger partial charge in [-0.2, -0.15) is 0 Å². The van der Waals surface area contributed by atoms with Crippen molar-refractivity contribution >= 4 is 17.5 Å². The van der Waals surface area contributed by atoms with Gasteiger partial charge in [0.1, 0.15) is 0 Å². The van der Waals surface area contributed by atoms with E-state index in [0.717, 1.165) is 24.4 Å². The summed E-state index contributed by atoms with van der Waals surface area (Å²) in [5.41, 5.74) is 11.9. The Hall–Kier alpha value is -2.04. The second-order valence-corrected chi connectivity index (χ2v) is 5.46. The summed E-state index contributed by atoms with van der Waals surface area (Å²) in [4.78, 5) is 22.6. The first kappa shape index (κ1) is 14.4. The lowest BCUT2D eigenvalue weighted by atomic mass is 10.0. The number of benzene rings is 1. The summed E-state index contributed by atoms with van der Waals surface area (Å²) in [6.07, 6.45) is 4.62. The average molecular weight is 275 g/mol. The number of hydrogen-bond donors (Lipinski definition) is 3. The van der Waals surface area contributed by atoms with E-state index in [-0.39, 0.29) is 0 Å². The van der Waals surface area contributed by atoms with Crippen LogP contribution < -0.4 is 16.8 Å². The van der Waals surface area contributed by atoms with Crippen molar-refractivity contribution in [3.8, 4) is 0 Å². The fourth-order valence-corrected chi connectivity index (χ4v) is 2.81. The van der Waals surface area contributed by atoms with Crippen LogP contribution in [0.25, 0.3) is 0 Å². The highest BCUT2D eigenvalue weighted by atomic mass is 16.1. The summed E-state index contributed by atoms with van der Waals surface area (Å²) < 4.78 is 0. The summed E-state index contributed by atoms with van der Waals surface area (Å²) in [5, 5.41) is 3.38. The molecule has 108 valence electrons. The zero-order valence-corrected chi connectivity index (χ0v) is 11.7. The van der Waals surface area contributed by atoms with E-state index in [4.69, 9.17) is 11.5 Å². The Morgan fingerprint density at radius 3 is 2.20 bits per heavy atom. The molecule has 5 heteroatoms. The van der Waals surface area contributed by atoms with Gasteiger partial charge in [-0.15, -0.1) is 0 Å². The summed E-state index contributed by atoms with van der Waals surface area (Å²) in [7, 11) is 0. The quantitative estimate of drug-likeness (QED) is 0.765. The molecule has 0 heterocycles. The van der Waals surface area contributed by atoms with E-state index < -0.39 is 11.8 Å². The molecule has 2 amide bonds. The van der Waals surface area contributed by atoms with Gasteiger partial charge in [-0.1, -0.05) is 13.3 Å². The number of anilines is 1. The lowest BCUT2D eigenvalue weighted by Crippen LogP contribution is -2.19. The molecule has 1 aliphatic rings. The van der Waals surface area contributed by atoms with Crippen LogP contribution in [0.2, 0.25) is 0 Å². The van der Waals surface area contributed by atoms with Gasteiger partial charge in [-0.25, -0.2) is 0 Å². The minimum atomic E-state index is -0.561. The van der Waals surface area contributed by atoms with Crippen molar-refractivity contribution < 1.29 is 9.59 Å². The molecule has 0 aromatic heterocycles. The lowest BCUT2D eigenvalue weighted by Gasteiger charge is -2.15. The monoisotopic (exact) mass is 275 g/mol. The predicted octanol–water partition coefficient (Wildman–Crippen LogP) is 1.87. The van der Waals surface area contributed by atoms with Crippen molar-refractivity contribution in [1.29, 1.82) is 0 Å². The fourth-order valence-electron chi connectivity index (χ4n) is 2.81. The molecular weight excluding hydrogens is 254 g/mol. The average Bonchev–Trinajstić information content (AvgIpc) is 2.85. The van der Waals surface area contributed by atoms with E-state index in [1.807, 2.05) is 0 Å². The zero-order chi connectivity index (χ0) is 14.7. The molecule has 0 spiro atoms. The van der Waals surface area contributed by atoms with Crippen molar-refractivity contribution in [1.82, 2.24) is 0 Å². The van der Waals surface area contributed by atoms with Gasteiger partial charge in [-0.05, 0) is 43.4 Å². The fraction of sp³-hybridized carbons (Fsp3) is 0.467. The van der Waals surface area contributed by atoms with Gasteiger partial charge in [0.25, 0.3) is 0 Å². The van der Waals surface area contributed by atoms with Crippen molar-refractivity contribution in [3.05, 3.63) is 29.3 Å². The van der Waals surface area contributed by atoms with Crippen LogP contribution in [0.3, 0.4) is 0 Å². The molecule has 5 N–H and O–H groups in total. The first-order valence-electron chi connectivity index (χ1n) is 7.00. The van der Waals surface area contributed by atoms with Gasteiger partial charge in [0.05, 0.1) is 0 Å². The van der Waals surface area contributed by atoms with Crippen LogP contribution in [0.5, 0.6) is 0 Å². The zero-order valence-electron chi connectivity index (χ0n) is 11.7. The molecule has 1 aromatic rings. The maximum absolute atomic E-state index is 11.3. The molecule has 5 nitrogen and oxygen atoms in total. The van der Waals surface area contributed by atoms with Gasteiger partial charge in [0.15, 0.2) is 0 Å². The van der Waals surface area contributed by atoms with E-state index in [1.165, 1.54) is 18.9 Å². The molecule has 20 heavy (non-hydrogen) atoms. The van der Waals surface area contributed by atoms with Gasteiger partial charge < -0.3 is 16.8 Å². The molecular formula is C15H21N3O2. The molecule has 1 aliphatic carbocycles. The second kappa shape index (κ2) is 5.94. The van der Waals surface area contributed by atoms with Crippen molar-refractivity contribution in [3.63, 3.8) is 0 Å². The normalized spacial score (nSPS) is 21.6. The Bertz CT molecular complexity index is 496. The van der Waals surface area contributed by atoms with Crippen LogP contribution in [0.4, 0.5) is 5.69 Å². The molecule has 2 atom stereocenters. The Balaban J connectivity index is 2.18. The number of amides is 2. The smallest absolute Gasteiger partial charge is 0.248 e. The highest BCUT2D eigenvalue weighted by Gasteiger charge is 2.23. The minimum Gasteiger partial charge on any atom is -0.382 e. The molecule has 1 saturated carbocycles. The van der Waals surface area contributed by atoms with Gasteiger partial charge in [0.2, 0.25) is 11.8 Å². The molecule has 2 unspecified atom stereocenters. The molecule has 1 fully saturated rings. The molecule has 0 aliphatic heterocycles. The third-order valence-corrected chi connectivity index (χ3v) is 3.99. The van der Waals surface area contributed by atoms with E-state index in [1.54, 1.807) is 12.1 Å². The molecule has 0 radical (unpaired) electrons. The maximum atomic E-state index is 11.3. The summed E-state index contributed by atoms with van der Waals surface area (Å²) in [5.74, 6) is -0.370. The SMILES string of the molecule is CCC1CCC(Nc2cc(C(N)=O)cc(C(N)=O)c2)C1. The van der Waals surface area contributed by atoms with E-state index in [9.17, 15) is 9.59 Å². The Labute approximate surface area is 118 Å². The third-order valence-electron chi connectivity index (χ3n) is 3.99. The number of nitrogens with one attached hydrogen (secondary N) is 1. The summed E-state index contributed by atoms with van der Waals surface area (Å²) >= 11 is 0. The van der Waals surface area contributed by atoms with Crippen LogP contribution >= 0.6 is 0 Å². The molecule has 0 saturated heterocycles. The molecule has 1 aromatic carbocycles. The first-order valence-corrected chi connectivity index (χ1v) is 7.00. The van der Waals surface area contributed by atoms with Crippen LogP contribution in [-0.2, 0) is 0 Å². The van der Waals surface area contributed by atoms with Crippen LogP contribution in [0.15, 0.2) is 18.2 Å². The number of hydrogen-bond acceptors (Lipinski definition) is 3. The molecule has 0 bridgehead atoms. The van der Waals surface area contributed by atoms with Gasteiger partial charge >= 0.3 is 0 Å². The molecule has 2 rings (SSSR count). The van der Waals surface area contributed by atoms with E-state index >= 15 is 0 Å².